The van der Waals surface area contributed by atoms with Crippen LogP contribution in [0.3, 0.4) is 0 Å². The molecule has 2 fully saturated rings. The summed E-state index contributed by atoms with van der Waals surface area (Å²) >= 11 is 0. The summed E-state index contributed by atoms with van der Waals surface area (Å²) in [7, 11) is 0. The van der Waals surface area contributed by atoms with E-state index < -0.39 is 0 Å². The standard InChI is InChI=1S/C24H38N2O3/c1-18-14-25(15-19(2)29-18)16-20-10-12-26(13-11-20)23(27)17-28-22-8-6-21(7-9-22)24(3,4)5/h6-9,18-20H,10-17H2,1-5H3. The van der Waals surface area contributed by atoms with Crippen molar-refractivity contribution in [2.75, 3.05) is 39.3 Å². The fourth-order valence-electron chi connectivity index (χ4n) is 4.45. The molecule has 2 unspecified atom stereocenters. The number of morpholine rings is 1. The normalized spacial score (nSPS) is 24.5. The van der Waals surface area contributed by atoms with Crippen molar-refractivity contribution in [1.29, 1.82) is 0 Å². The minimum Gasteiger partial charge on any atom is -0.484 e. The Kier molecular flexibility index (Phi) is 7.23. The zero-order valence-corrected chi connectivity index (χ0v) is 18.8. The number of likely N-dealkylation sites (tertiary alicyclic amines) is 1. The van der Waals surface area contributed by atoms with Crippen LogP contribution in [0.4, 0.5) is 0 Å². The molecule has 2 atom stereocenters. The quantitative estimate of drug-likeness (QED) is 0.753. The summed E-state index contributed by atoms with van der Waals surface area (Å²) in [5, 5.41) is 0. The molecule has 2 aliphatic heterocycles. The molecule has 0 aliphatic carbocycles. The van der Waals surface area contributed by atoms with E-state index >= 15 is 0 Å². The highest BCUT2D eigenvalue weighted by Crippen LogP contribution is 2.25. The third-order valence-electron chi connectivity index (χ3n) is 6.06. The maximum absolute atomic E-state index is 12.6. The van der Waals surface area contributed by atoms with Gasteiger partial charge in [-0.1, -0.05) is 32.9 Å². The van der Waals surface area contributed by atoms with E-state index in [0.29, 0.717) is 18.1 Å². The van der Waals surface area contributed by atoms with E-state index in [1.165, 1.54) is 5.56 Å². The van der Waals surface area contributed by atoms with Crippen LogP contribution in [0.1, 0.15) is 53.0 Å². The van der Waals surface area contributed by atoms with E-state index in [-0.39, 0.29) is 17.9 Å². The van der Waals surface area contributed by atoms with E-state index in [0.717, 1.165) is 51.3 Å². The van der Waals surface area contributed by atoms with E-state index in [9.17, 15) is 4.79 Å². The summed E-state index contributed by atoms with van der Waals surface area (Å²) in [5.41, 5.74) is 1.39. The molecule has 3 rings (SSSR count). The second-order valence-electron chi connectivity index (χ2n) is 9.86. The van der Waals surface area contributed by atoms with E-state index in [1.54, 1.807) is 0 Å². The fraction of sp³-hybridized carbons (Fsp3) is 0.708. The lowest BCUT2D eigenvalue weighted by molar-refractivity contribution is -0.135. The molecule has 0 aromatic heterocycles. The Morgan fingerprint density at radius 3 is 2.21 bits per heavy atom. The Morgan fingerprint density at radius 2 is 1.66 bits per heavy atom. The van der Waals surface area contributed by atoms with Crippen LogP contribution in [0.15, 0.2) is 24.3 Å². The topological polar surface area (TPSA) is 42.0 Å². The average Bonchev–Trinajstić information content (AvgIpc) is 2.65. The first-order valence-corrected chi connectivity index (χ1v) is 11.1. The first-order valence-electron chi connectivity index (χ1n) is 11.1. The summed E-state index contributed by atoms with van der Waals surface area (Å²) in [6.45, 7) is 15.8. The van der Waals surface area contributed by atoms with Gasteiger partial charge in [-0.15, -0.1) is 0 Å². The maximum atomic E-state index is 12.6. The maximum Gasteiger partial charge on any atom is 0.260 e. The van der Waals surface area contributed by atoms with Gasteiger partial charge in [0.15, 0.2) is 6.61 Å². The van der Waals surface area contributed by atoms with Gasteiger partial charge in [0.25, 0.3) is 5.91 Å². The first kappa shape index (κ1) is 22.1. The predicted octanol–water partition coefficient (Wildman–Crippen LogP) is 3.71. The van der Waals surface area contributed by atoms with Crippen LogP contribution in [-0.2, 0) is 14.9 Å². The molecule has 162 valence electrons. The molecule has 0 N–H and O–H groups in total. The van der Waals surface area contributed by atoms with Crippen LogP contribution in [0.25, 0.3) is 0 Å². The van der Waals surface area contributed by atoms with E-state index in [2.05, 4.69) is 51.7 Å². The van der Waals surface area contributed by atoms with Crippen molar-refractivity contribution in [3.05, 3.63) is 29.8 Å². The van der Waals surface area contributed by atoms with Gasteiger partial charge in [0.05, 0.1) is 12.2 Å². The zero-order chi connectivity index (χ0) is 21.0. The molecule has 2 aliphatic rings. The number of carbonyl (C=O) groups excluding carboxylic acids is 1. The van der Waals surface area contributed by atoms with Crippen molar-refractivity contribution >= 4 is 5.91 Å². The SMILES string of the molecule is CC1CN(CC2CCN(C(=O)COc3ccc(C(C)(C)C)cc3)CC2)CC(C)O1. The molecule has 0 bridgehead atoms. The second kappa shape index (κ2) is 9.48. The number of hydrogen-bond acceptors (Lipinski definition) is 4. The Hall–Kier alpha value is -1.59. The van der Waals surface area contributed by atoms with Crippen LogP contribution in [0.2, 0.25) is 0 Å². The van der Waals surface area contributed by atoms with Crippen LogP contribution in [-0.4, -0.2) is 67.2 Å². The largest absolute Gasteiger partial charge is 0.484 e. The van der Waals surface area contributed by atoms with E-state index in [1.807, 2.05) is 17.0 Å². The summed E-state index contributed by atoms with van der Waals surface area (Å²) in [6.07, 6.45) is 2.78. The first-order chi connectivity index (χ1) is 13.7. The van der Waals surface area contributed by atoms with Crippen molar-refractivity contribution in [2.45, 2.75) is 65.1 Å². The van der Waals surface area contributed by atoms with Crippen molar-refractivity contribution in [3.63, 3.8) is 0 Å². The molecule has 0 radical (unpaired) electrons. The Labute approximate surface area is 176 Å². The molecule has 2 heterocycles. The number of benzene rings is 1. The Morgan fingerprint density at radius 1 is 1.07 bits per heavy atom. The molecule has 1 amide bonds. The van der Waals surface area contributed by atoms with Gasteiger partial charge < -0.3 is 14.4 Å². The number of piperidine rings is 1. The number of hydrogen-bond donors (Lipinski definition) is 0. The predicted molar refractivity (Wildman–Crippen MR) is 116 cm³/mol. The summed E-state index contributed by atoms with van der Waals surface area (Å²) in [4.78, 5) is 17.1. The zero-order valence-electron chi connectivity index (χ0n) is 18.8. The minimum absolute atomic E-state index is 0.0944. The third kappa shape index (κ3) is 6.45. The van der Waals surface area contributed by atoms with Gasteiger partial charge in [-0.2, -0.15) is 0 Å². The summed E-state index contributed by atoms with van der Waals surface area (Å²) in [5.74, 6) is 1.52. The third-order valence-corrected chi connectivity index (χ3v) is 6.06. The monoisotopic (exact) mass is 402 g/mol. The summed E-state index contributed by atoms with van der Waals surface area (Å²) < 4.78 is 11.6. The lowest BCUT2D eigenvalue weighted by atomic mass is 9.87. The van der Waals surface area contributed by atoms with Crippen molar-refractivity contribution < 1.29 is 14.3 Å². The lowest BCUT2D eigenvalue weighted by Gasteiger charge is -2.39. The van der Waals surface area contributed by atoms with Crippen molar-refractivity contribution in [3.8, 4) is 5.75 Å². The number of carbonyl (C=O) groups is 1. The molecule has 5 nitrogen and oxygen atoms in total. The second-order valence-corrected chi connectivity index (χ2v) is 9.86. The van der Waals surface area contributed by atoms with Crippen molar-refractivity contribution in [1.82, 2.24) is 9.80 Å². The molecule has 29 heavy (non-hydrogen) atoms. The van der Waals surface area contributed by atoms with Crippen LogP contribution < -0.4 is 4.74 Å². The van der Waals surface area contributed by atoms with Crippen LogP contribution >= 0.6 is 0 Å². The number of nitrogens with zero attached hydrogens (tertiary/aromatic N) is 2. The highest BCUT2D eigenvalue weighted by Gasteiger charge is 2.28. The van der Waals surface area contributed by atoms with Gasteiger partial charge in [-0.3, -0.25) is 9.69 Å². The molecule has 0 saturated carbocycles. The van der Waals surface area contributed by atoms with Gasteiger partial charge in [-0.25, -0.2) is 0 Å². The Bertz CT molecular complexity index is 650. The van der Waals surface area contributed by atoms with Gasteiger partial charge in [-0.05, 0) is 55.7 Å². The van der Waals surface area contributed by atoms with Crippen LogP contribution in [0, 0.1) is 5.92 Å². The highest BCUT2D eigenvalue weighted by molar-refractivity contribution is 5.77. The van der Waals surface area contributed by atoms with Gasteiger partial charge in [0.1, 0.15) is 5.75 Å². The lowest BCUT2D eigenvalue weighted by Crippen LogP contribution is -2.49. The molecule has 1 aromatic carbocycles. The van der Waals surface area contributed by atoms with Gasteiger partial charge in [0, 0.05) is 32.7 Å². The van der Waals surface area contributed by atoms with Crippen LogP contribution in [0.5, 0.6) is 5.75 Å². The van der Waals surface area contributed by atoms with E-state index in [4.69, 9.17) is 9.47 Å². The molecule has 2 saturated heterocycles. The molecule has 1 aromatic rings. The number of rotatable bonds is 5. The minimum atomic E-state index is 0.0944. The van der Waals surface area contributed by atoms with Gasteiger partial charge in [0.2, 0.25) is 0 Å². The molecular weight excluding hydrogens is 364 g/mol. The number of ether oxygens (including phenoxy) is 2. The Balaban J connectivity index is 1.40. The van der Waals surface area contributed by atoms with Crippen molar-refractivity contribution in [2.24, 2.45) is 5.92 Å². The highest BCUT2D eigenvalue weighted by atomic mass is 16.5. The molecule has 0 spiro atoms. The smallest absolute Gasteiger partial charge is 0.260 e. The average molecular weight is 403 g/mol. The van der Waals surface area contributed by atoms with Gasteiger partial charge >= 0.3 is 0 Å². The fourth-order valence-corrected chi connectivity index (χ4v) is 4.45. The molecule has 5 heteroatoms. The number of amides is 1. The molecular formula is C24H38N2O3. The summed E-state index contributed by atoms with van der Waals surface area (Å²) in [6, 6.07) is 8.09.